The summed E-state index contributed by atoms with van der Waals surface area (Å²) < 4.78 is 0. The van der Waals surface area contributed by atoms with Gasteiger partial charge in [-0.2, -0.15) is 0 Å². The van der Waals surface area contributed by atoms with Gasteiger partial charge in [0.25, 0.3) is 0 Å². The molecule has 1 aromatic heterocycles. The van der Waals surface area contributed by atoms with Crippen LogP contribution in [0.25, 0.3) is 6.08 Å². The summed E-state index contributed by atoms with van der Waals surface area (Å²) in [6.07, 6.45) is 3.30. The first-order valence-corrected chi connectivity index (χ1v) is 6.00. The van der Waals surface area contributed by atoms with Crippen LogP contribution in [0, 0.1) is 20.8 Å². The third kappa shape index (κ3) is 2.09. The smallest absolute Gasteiger partial charge is 0.223 e. The van der Waals surface area contributed by atoms with Gasteiger partial charge >= 0.3 is 0 Å². The number of carbonyl (C=O) groups is 1. The Balaban J connectivity index is 2.32. The number of hydrogen-bond acceptors (Lipinski definition) is 2. The van der Waals surface area contributed by atoms with Gasteiger partial charge in [-0.3, -0.25) is 9.78 Å². The first kappa shape index (κ1) is 11.8. The van der Waals surface area contributed by atoms with E-state index in [1.54, 1.807) is 0 Å². The number of pyridine rings is 1. The number of carbonyl (C=O) groups excluding carboxylic acids is 1. The fourth-order valence-electron chi connectivity index (χ4n) is 2.12. The van der Waals surface area contributed by atoms with E-state index in [1.165, 1.54) is 16.7 Å². The highest BCUT2D eigenvalue weighted by Gasteiger charge is 2.19. The highest BCUT2D eigenvalue weighted by molar-refractivity contribution is 5.80. The van der Waals surface area contributed by atoms with Crippen molar-refractivity contribution in [2.24, 2.45) is 0 Å². The lowest BCUT2D eigenvalue weighted by molar-refractivity contribution is -0.120. The number of amides is 1. The molecule has 0 spiro atoms. The Bertz CT molecular complexity index is 515. The van der Waals surface area contributed by atoms with Crippen LogP contribution in [0.4, 0.5) is 0 Å². The first-order chi connectivity index (χ1) is 8.02. The molecule has 1 amide bonds. The van der Waals surface area contributed by atoms with E-state index in [2.05, 4.69) is 30.2 Å². The van der Waals surface area contributed by atoms with Gasteiger partial charge < -0.3 is 5.32 Å². The summed E-state index contributed by atoms with van der Waals surface area (Å²) in [6.45, 7) is 8.10. The molecule has 1 heterocycles. The maximum atomic E-state index is 11.4. The summed E-state index contributed by atoms with van der Waals surface area (Å²) >= 11 is 0. The van der Waals surface area contributed by atoms with Crippen LogP contribution in [0.3, 0.4) is 0 Å². The van der Waals surface area contributed by atoms with Crippen molar-refractivity contribution in [1.82, 2.24) is 10.3 Å². The summed E-state index contributed by atoms with van der Waals surface area (Å²) in [7, 11) is 0. The summed E-state index contributed by atoms with van der Waals surface area (Å²) in [5, 5.41) is 2.92. The van der Waals surface area contributed by atoms with Crippen LogP contribution in [0.2, 0.25) is 0 Å². The third-order valence-corrected chi connectivity index (χ3v) is 3.42. The third-order valence-electron chi connectivity index (χ3n) is 3.42. The van der Waals surface area contributed by atoms with Crippen LogP contribution in [0.15, 0.2) is 5.70 Å². The molecule has 0 unspecified atom stereocenters. The molecule has 1 aliphatic carbocycles. The fourth-order valence-corrected chi connectivity index (χ4v) is 2.12. The van der Waals surface area contributed by atoms with Crippen LogP contribution < -0.4 is 5.32 Å². The number of aryl methyl sites for hydroxylation is 1. The van der Waals surface area contributed by atoms with E-state index in [0.717, 1.165) is 23.5 Å². The van der Waals surface area contributed by atoms with Crippen LogP contribution >= 0.6 is 0 Å². The molecule has 0 aromatic carbocycles. The van der Waals surface area contributed by atoms with Gasteiger partial charge in [-0.25, -0.2) is 0 Å². The second-order valence-corrected chi connectivity index (χ2v) is 4.56. The molecule has 0 aliphatic heterocycles. The van der Waals surface area contributed by atoms with E-state index in [-0.39, 0.29) is 5.91 Å². The summed E-state index contributed by atoms with van der Waals surface area (Å²) in [4.78, 5) is 16.0. The number of fused-ring (bicyclic) bond motifs is 1. The van der Waals surface area contributed by atoms with E-state index in [1.807, 2.05) is 13.8 Å². The molecule has 17 heavy (non-hydrogen) atoms. The maximum absolute atomic E-state index is 11.4. The highest BCUT2D eigenvalue weighted by Crippen LogP contribution is 2.28. The lowest BCUT2D eigenvalue weighted by Crippen LogP contribution is -2.21. The Hall–Kier alpha value is -1.64. The van der Waals surface area contributed by atoms with Crippen molar-refractivity contribution < 1.29 is 4.79 Å². The molecule has 90 valence electrons. The van der Waals surface area contributed by atoms with Crippen LogP contribution in [0.1, 0.15) is 41.4 Å². The van der Waals surface area contributed by atoms with Gasteiger partial charge in [0.05, 0.1) is 5.69 Å². The molecule has 3 heteroatoms. The molecule has 1 N–H and O–H groups in total. The van der Waals surface area contributed by atoms with Gasteiger partial charge in [-0.15, -0.1) is 0 Å². The SMILES string of the molecule is CCC(=O)NC1=Cc2c(nc(C)c(C)c2C)C1. The van der Waals surface area contributed by atoms with Crippen molar-refractivity contribution in [1.29, 1.82) is 0 Å². The van der Waals surface area contributed by atoms with Gasteiger partial charge in [0.2, 0.25) is 5.91 Å². The van der Waals surface area contributed by atoms with Crippen molar-refractivity contribution in [3.8, 4) is 0 Å². The lowest BCUT2D eigenvalue weighted by atomic mass is 10.0. The number of rotatable bonds is 2. The number of nitrogens with zero attached hydrogens (tertiary/aromatic N) is 1. The van der Waals surface area contributed by atoms with Gasteiger partial charge in [0, 0.05) is 29.8 Å². The monoisotopic (exact) mass is 230 g/mol. The Kier molecular flexibility index (Phi) is 3.01. The molecule has 0 fully saturated rings. The second-order valence-electron chi connectivity index (χ2n) is 4.56. The summed E-state index contributed by atoms with van der Waals surface area (Å²) in [5.41, 5.74) is 6.82. The van der Waals surface area contributed by atoms with Gasteiger partial charge in [0.1, 0.15) is 0 Å². The van der Waals surface area contributed by atoms with Gasteiger partial charge in [-0.1, -0.05) is 6.92 Å². The Labute approximate surface area is 102 Å². The number of nitrogens with one attached hydrogen (secondary N) is 1. The summed E-state index contributed by atoms with van der Waals surface area (Å²) in [6, 6.07) is 0. The van der Waals surface area contributed by atoms with E-state index < -0.39 is 0 Å². The molecule has 1 aromatic rings. The molecule has 3 nitrogen and oxygen atoms in total. The van der Waals surface area contributed by atoms with E-state index in [0.29, 0.717) is 6.42 Å². The first-order valence-electron chi connectivity index (χ1n) is 6.00. The van der Waals surface area contributed by atoms with Crippen molar-refractivity contribution in [3.63, 3.8) is 0 Å². The number of aromatic nitrogens is 1. The normalized spacial score (nSPS) is 13.3. The standard InChI is InChI=1S/C14H18N2O/c1-5-14(17)16-11-6-12-9(3)8(2)10(4)15-13(12)7-11/h6H,5,7H2,1-4H3,(H,16,17). The minimum absolute atomic E-state index is 0.0650. The molecule has 0 saturated heterocycles. The minimum Gasteiger partial charge on any atom is -0.329 e. The number of hydrogen-bond donors (Lipinski definition) is 1. The van der Waals surface area contributed by atoms with Gasteiger partial charge in [0.15, 0.2) is 0 Å². The molecular weight excluding hydrogens is 212 g/mol. The van der Waals surface area contributed by atoms with Crippen LogP contribution in [-0.4, -0.2) is 10.9 Å². The maximum Gasteiger partial charge on any atom is 0.223 e. The fraction of sp³-hybridized carbons (Fsp3) is 0.429. The highest BCUT2D eigenvalue weighted by atomic mass is 16.1. The molecule has 0 bridgehead atoms. The topological polar surface area (TPSA) is 42.0 Å². The molecule has 0 atom stereocenters. The van der Waals surface area contributed by atoms with Crippen LogP contribution in [-0.2, 0) is 11.2 Å². The summed E-state index contributed by atoms with van der Waals surface area (Å²) in [5.74, 6) is 0.0650. The zero-order valence-corrected chi connectivity index (χ0v) is 10.8. The Morgan fingerprint density at radius 1 is 1.35 bits per heavy atom. The van der Waals surface area contributed by atoms with Crippen molar-refractivity contribution >= 4 is 12.0 Å². The molecule has 2 rings (SSSR count). The van der Waals surface area contributed by atoms with Crippen molar-refractivity contribution in [2.45, 2.75) is 40.5 Å². The molecule has 0 saturated carbocycles. The number of allylic oxidation sites excluding steroid dienone is 1. The quantitative estimate of drug-likeness (QED) is 0.847. The Morgan fingerprint density at radius 2 is 2.06 bits per heavy atom. The second kappa shape index (κ2) is 4.32. The van der Waals surface area contributed by atoms with Crippen molar-refractivity contribution in [2.75, 3.05) is 0 Å². The lowest BCUT2D eigenvalue weighted by Gasteiger charge is -2.08. The zero-order chi connectivity index (χ0) is 12.6. The Morgan fingerprint density at radius 3 is 2.71 bits per heavy atom. The molecule has 0 radical (unpaired) electrons. The average molecular weight is 230 g/mol. The van der Waals surface area contributed by atoms with Crippen LogP contribution in [0.5, 0.6) is 0 Å². The largest absolute Gasteiger partial charge is 0.329 e. The molecular formula is C14H18N2O. The molecule has 1 aliphatic rings. The zero-order valence-electron chi connectivity index (χ0n) is 10.8. The predicted molar refractivity (Wildman–Crippen MR) is 68.6 cm³/mol. The van der Waals surface area contributed by atoms with E-state index >= 15 is 0 Å². The average Bonchev–Trinajstić information content (AvgIpc) is 2.68. The van der Waals surface area contributed by atoms with Crippen molar-refractivity contribution in [3.05, 3.63) is 33.8 Å². The van der Waals surface area contributed by atoms with E-state index in [9.17, 15) is 4.79 Å². The van der Waals surface area contributed by atoms with Gasteiger partial charge in [-0.05, 0) is 38.0 Å². The predicted octanol–water partition coefficient (Wildman–Crippen LogP) is 2.43. The van der Waals surface area contributed by atoms with E-state index in [4.69, 9.17) is 0 Å². The minimum atomic E-state index is 0.0650.